The highest BCUT2D eigenvalue weighted by Crippen LogP contribution is 2.37. The van der Waals surface area contributed by atoms with Gasteiger partial charge >= 0.3 is 0 Å². The summed E-state index contributed by atoms with van der Waals surface area (Å²) in [5, 5.41) is 27.3. The van der Waals surface area contributed by atoms with Crippen LogP contribution in [0.2, 0.25) is 5.02 Å². The Hall–Kier alpha value is -4.65. The number of pyridine rings is 2. The van der Waals surface area contributed by atoms with Crippen molar-refractivity contribution in [3.8, 4) is 17.6 Å². The number of likely N-dealkylation sites (tertiary alicyclic amines) is 1. The van der Waals surface area contributed by atoms with Gasteiger partial charge in [0.05, 0.1) is 33.2 Å². The quantitative estimate of drug-likeness (QED) is 0.185. The molecule has 2 aromatic carbocycles. The number of aromatic nitrogens is 2. The summed E-state index contributed by atoms with van der Waals surface area (Å²) in [4.78, 5) is 23.4. The number of fused-ring (bicyclic) bond motifs is 1. The first-order valence-electron chi connectivity index (χ1n) is 12.8. The van der Waals surface area contributed by atoms with Crippen molar-refractivity contribution < 1.29 is 14.6 Å². The molecule has 3 heterocycles. The number of phenols is 1. The average Bonchev–Trinajstić information content (AvgIpc) is 3.37. The Balaban J connectivity index is 1.38. The number of carbonyl (C=O) groups is 1. The fraction of sp³-hybridized carbons (Fsp3) is 0.200. The van der Waals surface area contributed by atoms with E-state index in [2.05, 4.69) is 31.6 Å². The molecule has 0 spiro atoms. The van der Waals surface area contributed by atoms with Gasteiger partial charge in [0.1, 0.15) is 24.2 Å². The zero-order valence-corrected chi connectivity index (χ0v) is 22.5. The number of hydrogen-bond acceptors (Lipinski definition) is 8. The fourth-order valence-corrected chi connectivity index (χ4v) is 4.81. The van der Waals surface area contributed by atoms with Crippen LogP contribution in [0.3, 0.4) is 0 Å². The van der Waals surface area contributed by atoms with Crippen molar-refractivity contribution in [1.82, 2.24) is 14.9 Å². The maximum Gasteiger partial charge on any atom is 0.248 e. The smallest absolute Gasteiger partial charge is 0.248 e. The summed E-state index contributed by atoms with van der Waals surface area (Å²) >= 11 is 6.49. The molecule has 1 atom stereocenters. The molecular formula is C30H27ClN6O3. The number of carbonyl (C=O) groups excluding carboxylic acids is 1. The number of nitriles is 1. The molecule has 2 aromatic heterocycles. The molecule has 0 bridgehead atoms. The van der Waals surface area contributed by atoms with Crippen LogP contribution in [0.1, 0.15) is 24.1 Å². The van der Waals surface area contributed by atoms with Gasteiger partial charge in [-0.15, -0.1) is 0 Å². The van der Waals surface area contributed by atoms with Gasteiger partial charge in [0, 0.05) is 41.7 Å². The van der Waals surface area contributed by atoms with E-state index in [0.717, 1.165) is 25.1 Å². The van der Waals surface area contributed by atoms with Crippen molar-refractivity contribution >= 4 is 45.5 Å². The Morgan fingerprint density at radius 2 is 2.15 bits per heavy atom. The number of amides is 1. The number of ether oxygens (including phenoxy) is 1. The van der Waals surface area contributed by atoms with E-state index in [1.165, 1.54) is 18.3 Å². The second-order valence-electron chi connectivity index (χ2n) is 9.46. The molecule has 0 radical (unpaired) electrons. The fourth-order valence-electron chi connectivity index (χ4n) is 4.57. The summed E-state index contributed by atoms with van der Waals surface area (Å²) in [7, 11) is 2.03. The second-order valence-corrected chi connectivity index (χ2v) is 9.87. The first kappa shape index (κ1) is 26.9. The van der Waals surface area contributed by atoms with Crippen molar-refractivity contribution in [3.05, 3.63) is 89.4 Å². The molecule has 0 aliphatic carbocycles. The largest absolute Gasteiger partial charge is 0.506 e. The van der Waals surface area contributed by atoms with Gasteiger partial charge in [-0.2, -0.15) is 5.26 Å². The SMILES string of the molecule is CN1CCCC1/C=C/C(=O)Nc1cc2c(Nc3ccc(OCc4ccccn4)c(Cl)c3)c(C#N)cnc2cc1O. The second kappa shape index (κ2) is 12.0. The van der Waals surface area contributed by atoms with Crippen molar-refractivity contribution in [2.24, 2.45) is 0 Å². The van der Waals surface area contributed by atoms with Crippen LogP contribution in [0.5, 0.6) is 11.5 Å². The number of nitrogens with one attached hydrogen (secondary N) is 2. The molecule has 10 heteroatoms. The molecule has 1 amide bonds. The minimum absolute atomic E-state index is 0.132. The summed E-state index contributed by atoms with van der Waals surface area (Å²) in [5.74, 6) is -0.000454. The summed E-state index contributed by atoms with van der Waals surface area (Å²) in [6.45, 7) is 1.27. The Labute approximate surface area is 236 Å². The van der Waals surface area contributed by atoms with E-state index in [0.29, 0.717) is 33.0 Å². The zero-order chi connectivity index (χ0) is 28.1. The van der Waals surface area contributed by atoms with Crippen LogP contribution in [0.25, 0.3) is 10.9 Å². The predicted molar refractivity (Wildman–Crippen MR) is 155 cm³/mol. The Kier molecular flexibility index (Phi) is 8.10. The van der Waals surface area contributed by atoms with E-state index in [4.69, 9.17) is 16.3 Å². The molecule has 5 rings (SSSR count). The number of hydrogen-bond donors (Lipinski definition) is 3. The molecular weight excluding hydrogens is 528 g/mol. The number of likely N-dealkylation sites (N-methyl/N-ethyl adjacent to an activating group) is 1. The number of nitrogens with zero attached hydrogens (tertiary/aromatic N) is 4. The molecule has 1 saturated heterocycles. The number of rotatable bonds is 8. The van der Waals surface area contributed by atoms with Gasteiger partial charge in [-0.1, -0.05) is 23.7 Å². The van der Waals surface area contributed by atoms with E-state index >= 15 is 0 Å². The highest BCUT2D eigenvalue weighted by atomic mass is 35.5. The normalized spacial score (nSPS) is 15.3. The lowest BCUT2D eigenvalue weighted by atomic mass is 10.1. The maximum atomic E-state index is 12.6. The first-order chi connectivity index (χ1) is 19.4. The molecule has 1 unspecified atom stereocenters. The summed E-state index contributed by atoms with van der Waals surface area (Å²) in [6.07, 6.45) is 8.57. The molecule has 9 nitrogen and oxygen atoms in total. The van der Waals surface area contributed by atoms with Crippen LogP contribution in [-0.2, 0) is 11.4 Å². The zero-order valence-electron chi connectivity index (χ0n) is 21.8. The number of anilines is 3. The van der Waals surface area contributed by atoms with Crippen LogP contribution in [0, 0.1) is 11.3 Å². The van der Waals surface area contributed by atoms with Crippen molar-refractivity contribution in [2.45, 2.75) is 25.5 Å². The average molecular weight is 555 g/mol. The lowest BCUT2D eigenvalue weighted by Crippen LogP contribution is -2.23. The topological polar surface area (TPSA) is 123 Å². The highest BCUT2D eigenvalue weighted by Gasteiger charge is 2.19. The van der Waals surface area contributed by atoms with Gasteiger partial charge < -0.3 is 20.5 Å². The third-order valence-electron chi connectivity index (χ3n) is 6.71. The number of phenolic OH excluding ortho intramolecular Hbond substituents is 1. The van der Waals surface area contributed by atoms with Crippen LogP contribution < -0.4 is 15.4 Å². The minimum Gasteiger partial charge on any atom is -0.506 e. The van der Waals surface area contributed by atoms with Gasteiger partial charge in [-0.25, -0.2) is 0 Å². The summed E-state index contributed by atoms with van der Waals surface area (Å²) in [6, 6.07) is 16.2. The molecule has 202 valence electrons. The molecule has 1 aliphatic rings. The van der Waals surface area contributed by atoms with Gasteiger partial charge in [-0.3, -0.25) is 19.7 Å². The summed E-state index contributed by atoms with van der Waals surface area (Å²) < 4.78 is 5.81. The van der Waals surface area contributed by atoms with Crippen molar-refractivity contribution in [3.63, 3.8) is 0 Å². The third-order valence-corrected chi connectivity index (χ3v) is 7.01. The van der Waals surface area contributed by atoms with E-state index < -0.39 is 0 Å². The predicted octanol–water partition coefficient (Wildman–Crippen LogP) is 5.77. The Morgan fingerprint density at radius 3 is 2.88 bits per heavy atom. The van der Waals surface area contributed by atoms with Crippen LogP contribution >= 0.6 is 11.6 Å². The Bertz CT molecular complexity index is 1620. The number of aromatic hydroxyl groups is 1. The monoisotopic (exact) mass is 554 g/mol. The molecule has 4 aromatic rings. The van der Waals surface area contributed by atoms with E-state index in [9.17, 15) is 15.2 Å². The van der Waals surface area contributed by atoms with E-state index in [1.807, 2.05) is 31.3 Å². The van der Waals surface area contributed by atoms with Gasteiger partial charge in [0.2, 0.25) is 5.91 Å². The Morgan fingerprint density at radius 1 is 1.27 bits per heavy atom. The molecule has 40 heavy (non-hydrogen) atoms. The molecule has 1 aliphatic heterocycles. The van der Waals surface area contributed by atoms with Gasteiger partial charge in [-0.05, 0) is 62.8 Å². The maximum absolute atomic E-state index is 12.6. The minimum atomic E-state index is -0.359. The highest BCUT2D eigenvalue weighted by molar-refractivity contribution is 6.32. The van der Waals surface area contributed by atoms with E-state index in [1.54, 1.807) is 30.5 Å². The van der Waals surface area contributed by atoms with Crippen LogP contribution in [0.4, 0.5) is 17.1 Å². The molecule has 3 N–H and O–H groups in total. The van der Waals surface area contributed by atoms with Crippen molar-refractivity contribution in [2.75, 3.05) is 24.2 Å². The molecule has 1 fully saturated rings. The van der Waals surface area contributed by atoms with E-state index in [-0.39, 0.29) is 35.6 Å². The lowest BCUT2D eigenvalue weighted by molar-refractivity contribution is -0.112. The van der Waals surface area contributed by atoms with Gasteiger partial charge in [0.25, 0.3) is 0 Å². The van der Waals surface area contributed by atoms with Crippen molar-refractivity contribution in [1.29, 1.82) is 5.26 Å². The molecule has 0 saturated carbocycles. The van der Waals surface area contributed by atoms with Crippen LogP contribution in [-0.4, -0.2) is 45.5 Å². The number of benzene rings is 2. The number of halogens is 1. The summed E-state index contributed by atoms with van der Waals surface area (Å²) in [5.41, 5.74) is 2.78. The third kappa shape index (κ3) is 6.15. The lowest BCUT2D eigenvalue weighted by Gasteiger charge is -2.15. The van der Waals surface area contributed by atoms with Crippen LogP contribution in [0.15, 0.2) is 73.1 Å². The van der Waals surface area contributed by atoms with Gasteiger partial charge in [0.15, 0.2) is 0 Å². The standard InChI is InChI=1S/C30H27ClN6O3/c1-37-12-4-6-22(37)8-10-29(39)36-26-14-23-25(15-27(26)38)34-17-19(16-32)30(23)35-20-7-9-28(24(31)13-20)40-18-21-5-2-3-11-33-21/h2-3,5,7-11,13-15,17,22,38H,4,6,12,18H2,1H3,(H,34,35)(H,36,39)/b10-8+. The first-order valence-corrected chi connectivity index (χ1v) is 13.1.